The van der Waals surface area contributed by atoms with Gasteiger partial charge in [0.15, 0.2) is 0 Å². The minimum atomic E-state index is 0.360. The van der Waals surface area contributed by atoms with Gasteiger partial charge in [-0.1, -0.05) is 19.9 Å². The second kappa shape index (κ2) is 5.23. The minimum absolute atomic E-state index is 0.360. The quantitative estimate of drug-likeness (QED) is 0.796. The molecule has 2 rings (SSSR count). The first-order valence-electron chi connectivity index (χ1n) is 5.82. The summed E-state index contributed by atoms with van der Waals surface area (Å²) < 4.78 is 0. The highest BCUT2D eigenvalue weighted by Gasteiger charge is 2.16. The first-order chi connectivity index (χ1) is 8.16. The van der Waals surface area contributed by atoms with Crippen LogP contribution in [-0.2, 0) is 0 Å². The molecule has 0 saturated carbocycles. The third kappa shape index (κ3) is 3.01. The molecule has 0 amide bonds. The molecule has 1 unspecified atom stereocenters. The van der Waals surface area contributed by atoms with Crippen LogP contribution in [0.2, 0.25) is 0 Å². The van der Waals surface area contributed by atoms with Gasteiger partial charge in [-0.25, -0.2) is 0 Å². The third-order valence-corrected chi connectivity index (χ3v) is 3.70. The van der Waals surface area contributed by atoms with Crippen LogP contribution < -0.4 is 11.1 Å². The van der Waals surface area contributed by atoms with Crippen LogP contribution in [0, 0.1) is 5.92 Å². The van der Waals surface area contributed by atoms with Crippen molar-refractivity contribution in [1.29, 1.82) is 0 Å². The van der Waals surface area contributed by atoms with Crippen molar-refractivity contribution in [1.82, 2.24) is 0 Å². The molecular formula is C14H18N2S. The predicted octanol–water partition coefficient (Wildman–Crippen LogP) is 4.14. The summed E-state index contributed by atoms with van der Waals surface area (Å²) in [7, 11) is 0. The van der Waals surface area contributed by atoms with Crippen LogP contribution >= 0.6 is 11.3 Å². The summed E-state index contributed by atoms with van der Waals surface area (Å²) in [5, 5.41) is 5.68. The summed E-state index contributed by atoms with van der Waals surface area (Å²) in [6.07, 6.45) is 0. The fourth-order valence-electron chi connectivity index (χ4n) is 1.79. The van der Waals surface area contributed by atoms with E-state index in [1.54, 1.807) is 11.3 Å². The molecule has 0 fully saturated rings. The van der Waals surface area contributed by atoms with Gasteiger partial charge in [0, 0.05) is 16.3 Å². The van der Waals surface area contributed by atoms with Gasteiger partial charge in [0.05, 0.1) is 6.04 Å². The van der Waals surface area contributed by atoms with Crippen molar-refractivity contribution in [3.05, 3.63) is 46.7 Å². The molecule has 0 aliphatic heterocycles. The number of rotatable bonds is 4. The van der Waals surface area contributed by atoms with E-state index < -0.39 is 0 Å². The average molecular weight is 246 g/mol. The highest BCUT2D eigenvalue weighted by atomic mass is 32.1. The van der Waals surface area contributed by atoms with Crippen LogP contribution in [0.15, 0.2) is 41.8 Å². The van der Waals surface area contributed by atoms with E-state index in [4.69, 9.17) is 5.73 Å². The van der Waals surface area contributed by atoms with Gasteiger partial charge < -0.3 is 11.1 Å². The zero-order chi connectivity index (χ0) is 12.3. The summed E-state index contributed by atoms with van der Waals surface area (Å²) in [6.45, 7) is 4.46. The molecule has 2 aromatic rings. The van der Waals surface area contributed by atoms with Crippen molar-refractivity contribution in [2.24, 2.45) is 5.92 Å². The lowest BCUT2D eigenvalue weighted by Crippen LogP contribution is -2.15. The zero-order valence-electron chi connectivity index (χ0n) is 10.2. The van der Waals surface area contributed by atoms with Gasteiger partial charge in [-0.3, -0.25) is 0 Å². The van der Waals surface area contributed by atoms with Crippen LogP contribution in [0.5, 0.6) is 0 Å². The van der Waals surface area contributed by atoms with Crippen molar-refractivity contribution >= 4 is 22.7 Å². The SMILES string of the molecule is CC(C)C(Nc1ccc(N)cc1)c1cccs1. The zero-order valence-corrected chi connectivity index (χ0v) is 11.0. The average Bonchev–Trinajstić information content (AvgIpc) is 2.81. The fraction of sp³-hybridized carbons (Fsp3) is 0.286. The lowest BCUT2D eigenvalue weighted by Gasteiger charge is -2.22. The Morgan fingerprint density at radius 2 is 1.82 bits per heavy atom. The maximum atomic E-state index is 5.69. The Labute approximate surface area is 106 Å². The van der Waals surface area contributed by atoms with E-state index in [2.05, 4.69) is 36.7 Å². The van der Waals surface area contributed by atoms with E-state index in [-0.39, 0.29) is 0 Å². The topological polar surface area (TPSA) is 38.0 Å². The Hall–Kier alpha value is -1.48. The third-order valence-electron chi connectivity index (χ3n) is 2.75. The lowest BCUT2D eigenvalue weighted by molar-refractivity contribution is 0.554. The molecule has 0 aliphatic carbocycles. The standard InChI is InChI=1S/C14H18N2S/c1-10(2)14(13-4-3-9-17-13)16-12-7-5-11(15)6-8-12/h3-10,14,16H,15H2,1-2H3. The summed E-state index contributed by atoms with van der Waals surface area (Å²) in [5.74, 6) is 0.547. The Balaban J connectivity index is 2.16. The number of benzene rings is 1. The van der Waals surface area contributed by atoms with E-state index in [0.717, 1.165) is 11.4 Å². The van der Waals surface area contributed by atoms with E-state index in [0.29, 0.717) is 12.0 Å². The van der Waals surface area contributed by atoms with E-state index >= 15 is 0 Å². The maximum Gasteiger partial charge on any atom is 0.0629 e. The predicted molar refractivity (Wildman–Crippen MR) is 76.4 cm³/mol. The molecule has 1 aromatic carbocycles. The number of anilines is 2. The molecule has 0 bridgehead atoms. The van der Waals surface area contributed by atoms with Gasteiger partial charge in [-0.15, -0.1) is 11.3 Å². The van der Waals surface area contributed by atoms with E-state index in [1.165, 1.54) is 4.88 Å². The smallest absolute Gasteiger partial charge is 0.0629 e. The molecule has 1 heterocycles. The Bertz CT molecular complexity index is 446. The number of nitrogens with one attached hydrogen (secondary N) is 1. The molecule has 0 spiro atoms. The van der Waals surface area contributed by atoms with Crippen molar-refractivity contribution in [2.45, 2.75) is 19.9 Å². The van der Waals surface area contributed by atoms with Crippen molar-refractivity contribution in [3.63, 3.8) is 0 Å². The molecule has 2 nitrogen and oxygen atoms in total. The highest BCUT2D eigenvalue weighted by molar-refractivity contribution is 7.10. The number of hydrogen-bond donors (Lipinski definition) is 2. The normalized spacial score (nSPS) is 12.6. The first kappa shape index (κ1) is 12.0. The number of thiophene rings is 1. The molecule has 0 aliphatic rings. The van der Waals surface area contributed by atoms with Crippen LogP contribution in [-0.4, -0.2) is 0 Å². The van der Waals surface area contributed by atoms with Crippen molar-refractivity contribution < 1.29 is 0 Å². The van der Waals surface area contributed by atoms with E-state index in [9.17, 15) is 0 Å². The molecule has 1 atom stereocenters. The van der Waals surface area contributed by atoms with Crippen molar-refractivity contribution in [2.75, 3.05) is 11.1 Å². The lowest BCUT2D eigenvalue weighted by atomic mass is 10.0. The van der Waals surface area contributed by atoms with Gasteiger partial charge >= 0.3 is 0 Å². The van der Waals surface area contributed by atoms with Gasteiger partial charge in [0.2, 0.25) is 0 Å². The van der Waals surface area contributed by atoms with Crippen LogP contribution in [0.1, 0.15) is 24.8 Å². The first-order valence-corrected chi connectivity index (χ1v) is 6.70. The van der Waals surface area contributed by atoms with Crippen molar-refractivity contribution in [3.8, 4) is 0 Å². The molecule has 3 N–H and O–H groups in total. The summed E-state index contributed by atoms with van der Waals surface area (Å²) >= 11 is 1.79. The summed E-state index contributed by atoms with van der Waals surface area (Å²) in [4.78, 5) is 1.37. The number of nitrogens with two attached hydrogens (primary N) is 1. The van der Waals surface area contributed by atoms with Gasteiger partial charge in [0.1, 0.15) is 0 Å². The summed E-state index contributed by atoms with van der Waals surface area (Å²) in [5.41, 5.74) is 7.60. The molecule has 17 heavy (non-hydrogen) atoms. The molecule has 1 aromatic heterocycles. The monoisotopic (exact) mass is 246 g/mol. The maximum absolute atomic E-state index is 5.69. The molecule has 90 valence electrons. The Morgan fingerprint density at radius 1 is 1.12 bits per heavy atom. The second-order valence-corrected chi connectivity index (χ2v) is 5.48. The van der Waals surface area contributed by atoms with E-state index in [1.807, 2.05) is 24.3 Å². The van der Waals surface area contributed by atoms with Crippen LogP contribution in [0.4, 0.5) is 11.4 Å². The summed E-state index contributed by atoms with van der Waals surface area (Å²) in [6, 6.07) is 12.5. The van der Waals surface area contributed by atoms with Gasteiger partial charge in [-0.05, 0) is 41.6 Å². The van der Waals surface area contributed by atoms with Gasteiger partial charge in [-0.2, -0.15) is 0 Å². The molecular weight excluding hydrogens is 228 g/mol. The fourth-order valence-corrected chi connectivity index (χ4v) is 2.74. The molecule has 0 saturated heterocycles. The molecule has 3 heteroatoms. The Morgan fingerprint density at radius 3 is 2.35 bits per heavy atom. The minimum Gasteiger partial charge on any atom is -0.399 e. The van der Waals surface area contributed by atoms with Crippen LogP contribution in [0.3, 0.4) is 0 Å². The highest BCUT2D eigenvalue weighted by Crippen LogP contribution is 2.29. The van der Waals surface area contributed by atoms with Gasteiger partial charge in [0.25, 0.3) is 0 Å². The number of hydrogen-bond acceptors (Lipinski definition) is 3. The molecule has 0 radical (unpaired) electrons. The Kier molecular flexibility index (Phi) is 3.69. The largest absolute Gasteiger partial charge is 0.399 e. The second-order valence-electron chi connectivity index (χ2n) is 4.50. The number of nitrogen functional groups attached to an aromatic ring is 1. The van der Waals surface area contributed by atoms with Crippen LogP contribution in [0.25, 0.3) is 0 Å².